The zero-order valence-corrected chi connectivity index (χ0v) is 15.9. The molecule has 0 spiro atoms. The van der Waals surface area contributed by atoms with Crippen molar-refractivity contribution in [2.45, 2.75) is 45.9 Å². The first kappa shape index (κ1) is 19.9. The number of nitrogens with one attached hydrogen (secondary N) is 1. The van der Waals surface area contributed by atoms with Crippen LogP contribution in [0.1, 0.15) is 33.3 Å². The summed E-state index contributed by atoms with van der Waals surface area (Å²) in [5.74, 6) is 0. The molecule has 1 aromatic carbocycles. The molecule has 1 unspecified atom stereocenters. The van der Waals surface area contributed by atoms with E-state index in [0.717, 1.165) is 11.0 Å². The predicted octanol–water partition coefficient (Wildman–Crippen LogP) is 3.16. The Hall–Kier alpha value is -1.11. The maximum atomic E-state index is 12.2. The smallest absolute Gasteiger partial charge is 0.410 e. The number of hydrogen-bond acceptors (Lipinski definition) is 4. The van der Waals surface area contributed by atoms with Crippen LogP contribution in [0.4, 0.5) is 4.79 Å². The molecule has 1 amide bonds. The number of benzene rings is 1. The average Bonchev–Trinajstić information content (AvgIpc) is 2.40. The van der Waals surface area contributed by atoms with E-state index in [2.05, 4.69) is 27.3 Å². The number of amides is 1. The Morgan fingerprint density at radius 3 is 2.70 bits per heavy atom. The van der Waals surface area contributed by atoms with E-state index in [1.54, 1.807) is 6.92 Å². The first-order chi connectivity index (χ1) is 10.7. The molecule has 0 aromatic heterocycles. The second-order valence-corrected chi connectivity index (χ2v) is 7.50. The van der Waals surface area contributed by atoms with Gasteiger partial charge in [0.2, 0.25) is 0 Å². The molecule has 6 heteroatoms. The van der Waals surface area contributed by atoms with Crippen molar-refractivity contribution in [1.82, 2.24) is 10.2 Å². The van der Waals surface area contributed by atoms with Crippen LogP contribution < -0.4 is 5.32 Å². The van der Waals surface area contributed by atoms with Crippen molar-refractivity contribution >= 4 is 22.0 Å². The van der Waals surface area contributed by atoms with E-state index in [4.69, 9.17) is 4.74 Å². The Kier molecular flexibility index (Phi) is 8.02. The Bertz CT molecular complexity index is 501. The largest absolute Gasteiger partial charge is 0.444 e. The van der Waals surface area contributed by atoms with Crippen molar-refractivity contribution in [2.24, 2.45) is 0 Å². The standard InChI is InChI=1S/C17H27BrN2O3/c1-13(21)12-20(16(22)23-17(2,3)4)9-8-19-11-14-6-5-7-15(18)10-14/h5-7,10,13,19,21H,8-9,11-12H2,1-4H3. The van der Waals surface area contributed by atoms with Gasteiger partial charge in [0.05, 0.1) is 6.10 Å². The van der Waals surface area contributed by atoms with E-state index < -0.39 is 17.8 Å². The molecule has 1 atom stereocenters. The van der Waals surface area contributed by atoms with Crippen molar-refractivity contribution in [2.75, 3.05) is 19.6 Å². The summed E-state index contributed by atoms with van der Waals surface area (Å²) >= 11 is 3.44. The van der Waals surface area contributed by atoms with Gasteiger partial charge in [-0.1, -0.05) is 28.1 Å². The average molecular weight is 387 g/mol. The molecule has 0 heterocycles. The van der Waals surface area contributed by atoms with Gasteiger partial charge in [0.1, 0.15) is 5.60 Å². The van der Waals surface area contributed by atoms with Crippen molar-refractivity contribution in [1.29, 1.82) is 0 Å². The number of rotatable bonds is 7. The van der Waals surface area contributed by atoms with E-state index in [0.29, 0.717) is 13.1 Å². The van der Waals surface area contributed by atoms with E-state index in [1.807, 2.05) is 39.0 Å². The van der Waals surface area contributed by atoms with Gasteiger partial charge in [-0.3, -0.25) is 0 Å². The monoisotopic (exact) mass is 386 g/mol. The van der Waals surface area contributed by atoms with Gasteiger partial charge in [0.25, 0.3) is 0 Å². The third kappa shape index (κ3) is 8.93. The number of hydrogen-bond donors (Lipinski definition) is 2. The summed E-state index contributed by atoms with van der Waals surface area (Å²) in [6.45, 7) is 9.23. The van der Waals surface area contributed by atoms with Gasteiger partial charge in [-0.15, -0.1) is 0 Å². The summed E-state index contributed by atoms with van der Waals surface area (Å²) in [7, 11) is 0. The van der Waals surface area contributed by atoms with Crippen LogP contribution in [0.25, 0.3) is 0 Å². The topological polar surface area (TPSA) is 61.8 Å². The molecule has 0 radical (unpaired) electrons. The van der Waals surface area contributed by atoms with Gasteiger partial charge in [0.15, 0.2) is 0 Å². The van der Waals surface area contributed by atoms with Gasteiger partial charge in [-0.2, -0.15) is 0 Å². The van der Waals surface area contributed by atoms with Crippen molar-refractivity contribution in [3.8, 4) is 0 Å². The third-order valence-corrected chi connectivity index (χ3v) is 3.41. The number of halogens is 1. The molecule has 0 aliphatic heterocycles. The summed E-state index contributed by atoms with van der Waals surface area (Å²) in [6, 6.07) is 8.06. The molecule has 0 aliphatic rings. The normalized spacial score (nSPS) is 12.8. The van der Waals surface area contributed by atoms with Crippen molar-refractivity contribution in [3.63, 3.8) is 0 Å². The summed E-state index contributed by atoms with van der Waals surface area (Å²) in [5.41, 5.74) is 0.622. The lowest BCUT2D eigenvalue weighted by Crippen LogP contribution is -2.43. The molecule has 0 aliphatic carbocycles. The van der Waals surface area contributed by atoms with Crippen LogP contribution in [0.5, 0.6) is 0 Å². The Balaban J connectivity index is 2.46. The summed E-state index contributed by atoms with van der Waals surface area (Å²) in [5, 5.41) is 12.9. The molecular weight excluding hydrogens is 360 g/mol. The molecule has 0 fully saturated rings. The first-order valence-corrected chi connectivity index (χ1v) is 8.58. The highest BCUT2D eigenvalue weighted by molar-refractivity contribution is 9.10. The van der Waals surface area contributed by atoms with Gasteiger partial charge in [-0.05, 0) is 45.4 Å². The van der Waals surface area contributed by atoms with E-state index in [9.17, 15) is 9.90 Å². The lowest BCUT2D eigenvalue weighted by molar-refractivity contribution is 0.0164. The summed E-state index contributed by atoms with van der Waals surface area (Å²) in [6.07, 6.45) is -0.991. The zero-order chi connectivity index (χ0) is 17.5. The molecule has 130 valence electrons. The molecule has 1 rings (SSSR count). The van der Waals surface area contributed by atoms with Gasteiger partial charge in [0, 0.05) is 30.7 Å². The maximum Gasteiger partial charge on any atom is 0.410 e. The van der Waals surface area contributed by atoms with Crippen molar-refractivity contribution < 1.29 is 14.6 Å². The number of aliphatic hydroxyl groups is 1. The number of carbonyl (C=O) groups is 1. The lowest BCUT2D eigenvalue weighted by atomic mass is 10.2. The zero-order valence-electron chi connectivity index (χ0n) is 14.3. The quantitative estimate of drug-likeness (QED) is 0.706. The minimum atomic E-state index is -0.590. The molecular formula is C17H27BrN2O3. The summed E-state index contributed by atoms with van der Waals surface area (Å²) in [4.78, 5) is 13.7. The maximum absolute atomic E-state index is 12.2. The second kappa shape index (κ2) is 9.25. The molecule has 1 aromatic rings. The SMILES string of the molecule is CC(O)CN(CCNCc1cccc(Br)c1)C(=O)OC(C)(C)C. The van der Waals surface area contributed by atoms with Crippen LogP contribution in [-0.2, 0) is 11.3 Å². The van der Waals surface area contributed by atoms with Crippen LogP contribution in [-0.4, -0.2) is 47.4 Å². The minimum absolute atomic E-state index is 0.257. The van der Waals surface area contributed by atoms with Gasteiger partial charge in [-0.25, -0.2) is 4.79 Å². The molecule has 0 bridgehead atoms. The third-order valence-electron chi connectivity index (χ3n) is 2.91. The molecule has 23 heavy (non-hydrogen) atoms. The Labute approximate surface area is 147 Å². The number of ether oxygens (including phenoxy) is 1. The number of carbonyl (C=O) groups excluding carboxylic acids is 1. The van der Waals surface area contributed by atoms with Gasteiger partial charge >= 0.3 is 6.09 Å². The highest BCUT2D eigenvalue weighted by Gasteiger charge is 2.22. The minimum Gasteiger partial charge on any atom is -0.444 e. The highest BCUT2D eigenvalue weighted by Crippen LogP contribution is 2.12. The number of nitrogens with zero attached hydrogens (tertiary/aromatic N) is 1. The molecule has 2 N–H and O–H groups in total. The van der Waals surface area contributed by atoms with Gasteiger partial charge < -0.3 is 20.1 Å². The molecule has 5 nitrogen and oxygen atoms in total. The molecule has 0 saturated carbocycles. The van der Waals surface area contributed by atoms with E-state index in [-0.39, 0.29) is 6.54 Å². The van der Waals surface area contributed by atoms with Crippen LogP contribution in [0.15, 0.2) is 28.7 Å². The Morgan fingerprint density at radius 1 is 1.43 bits per heavy atom. The molecule has 0 saturated heterocycles. The van der Waals surface area contributed by atoms with E-state index >= 15 is 0 Å². The summed E-state index contributed by atoms with van der Waals surface area (Å²) < 4.78 is 6.42. The fourth-order valence-corrected chi connectivity index (χ4v) is 2.44. The first-order valence-electron chi connectivity index (χ1n) is 7.78. The lowest BCUT2D eigenvalue weighted by Gasteiger charge is -2.28. The van der Waals surface area contributed by atoms with Crippen LogP contribution in [0, 0.1) is 0 Å². The number of aliphatic hydroxyl groups excluding tert-OH is 1. The van der Waals surface area contributed by atoms with Crippen LogP contribution in [0.3, 0.4) is 0 Å². The highest BCUT2D eigenvalue weighted by atomic mass is 79.9. The van der Waals surface area contributed by atoms with Crippen LogP contribution >= 0.6 is 15.9 Å². The van der Waals surface area contributed by atoms with E-state index in [1.165, 1.54) is 10.5 Å². The Morgan fingerprint density at radius 2 is 2.13 bits per heavy atom. The predicted molar refractivity (Wildman–Crippen MR) is 95.3 cm³/mol. The second-order valence-electron chi connectivity index (χ2n) is 6.58. The van der Waals surface area contributed by atoms with Crippen LogP contribution in [0.2, 0.25) is 0 Å². The fourth-order valence-electron chi connectivity index (χ4n) is 2.00. The fraction of sp³-hybridized carbons (Fsp3) is 0.588. The van der Waals surface area contributed by atoms with Crippen molar-refractivity contribution in [3.05, 3.63) is 34.3 Å².